The van der Waals surface area contributed by atoms with Gasteiger partial charge in [-0.05, 0) is 29.3 Å². The molecule has 0 unspecified atom stereocenters. The first-order valence-corrected chi connectivity index (χ1v) is 7.80. The zero-order chi connectivity index (χ0) is 18.2. The summed E-state index contributed by atoms with van der Waals surface area (Å²) in [4.78, 5) is 12.0. The number of hydrogen-bond donors (Lipinski definition) is 0. The Morgan fingerprint density at radius 2 is 2.00 bits per heavy atom. The third-order valence-corrected chi connectivity index (χ3v) is 3.67. The summed E-state index contributed by atoms with van der Waals surface area (Å²) in [5, 5.41) is 9.95. The van der Waals surface area contributed by atoms with Gasteiger partial charge in [0.1, 0.15) is 12.7 Å². The van der Waals surface area contributed by atoms with E-state index in [0.717, 1.165) is 5.56 Å². The van der Waals surface area contributed by atoms with E-state index in [2.05, 4.69) is 6.58 Å². The molecule has 126 valence electrons. The van der Waals surface area contributed by atoms with Crippen molar-refractivity contribution in [3.8, 4) is 6.07 Å². The van der Waals surface area contributed by atoms with Gasteiger partial charge < -0.3 is 9.47 Å². The lowest BCUT2D eigenvalue weighted by molar-refractivity contribution is -0.135. The van der Waals surface area contributed by atoms with Crippen LogP contribution in [0.2, 0.25) is 5.02 Å². The second-order valence-corrected chi connectivity index (χ2v) is 5.45. The van der Waals surface area contributed by atoms with Crippen LogP contribution >= 0.6 is 11.6 Å². The lowest BCUT2D eigenvalue weighted by Crippen LogP contribution is -2.09. The van der Waals surface area contributed by atoms with Crippen LogP contribution in [0, 0.1) is 11.3 Å². The van der Waals surface area contributed by atoms with E-state index < -0.39 is 5.97 Å². The number of methoxy groups -OCH3 is 1. The van der Waals surface area contributed by atoms with Gasteiger partial charge in [0.2, 0.25) is 0 Å². The van der Waals surface area contributed by atoms with Crippen molar-refractivity contribution >= 4 is 29.4 Å². The highest BCUT2D eigenvalue weighted by Crippen LogP contribution is 2.28. The van der Waals surface area contributed by atoms with Crippen LogP contribution in [0.25, 0.3) is 11.8 Å². The van der Waals surface area contributed by atoms with Crippen LogP contribution in [0.3, 0.4) is 0 Å². The number of carbonyl (C=O) groups excluding carboxylic acids is 1. The summed E-state index contributed by atoms with van der Waals surface area (Å²) in [5.41, 5.74) is 1.87. The van der Waals surface area contributed by atoms with Gasteiger partial charge in [0.15, 0.2) is 11.3 Å². The van der Waals surface area contributed by atoms with Crippen molar-refractivity contribution in [1.82, 2.24) is 0 Å². The van der Waals surface area contributed by atoms with Gasteiger partial charge in [-0.3, -0.25) is 0 Å². The van der Waals surface area contributed by atoms with Crippen molar-refractivity contribution in [3.05, 3.63) is 82.4 Å². The van der Waals surface area contributed by atoms with Gasteiger partial charge in [0.05, 0.1) is 7.11 Å². The molecule has 0 radical (unpaired) electrons. The van der Waals surface area contributed by atoms with Gasteiger partial charge in [-0.2, -0.15) is 5.26 Å². The summed E-state index contributed by atoms with van der Waals surface area (Å²) in [7, 11) is 1.21. The fraction of sp³-hybridized carbons (Fsp3) is 0.100. The maximum absolute atomic E-state index is 12.0. The minimum absolute atomic E-state index is 0.129. The molecule has 5 heteroatoms. The number of ether oxygens (including phenoxy) is 2. The molecule has 0 saturated carbocycles. The number of nitriles is 1. The number of benzene rings is 2. The van der Waals surface area contributed by atoms with Crippen LogP contribution in [0.1, 0.15) is 16.7 Å². The number of carbonyl (C=O) groups is 1. The first-order chi connectivity index (χ1) is 12.1. The van der Waals surface area contributed by atoms with E-state index in [1.165, 1.54) is 7.11 Å². The highest BCUT2D eigenvalue weighted by Gasteiger charge is 2.21. The first-order valence-electron chi connectivity index (χ1n) is 7.42. The molecule has 0 amide bonds. The smallest absolute Gasteiger partial charge is 0.352 e. The summed E-state index contributed by atoms with van der Waals surface area (Å²) in [6, 6.07) is 16.3. The normalized spacial score (nSPS) is 11.1. The number of esters is 1. The number of rotatable bonds is 6. The molecule has 0 spiro atoms. The van der Waals surface area contributed by atoms with Gasteiger partial charge >= 0.3 is 5.97 Å². The average molecular weight is 354 g/mol. The molecule has 0 saturated heterocycles. The number of nitrogens with zero attached hydrogens (tertiary/aromatic N) is 1. The van der Waals surface area contributed by atoms with E-state index >= 15 is 0 Å². The van der Waals surface area contributed by atoms with Crippen LogP contribution in [0.4, 0.5) is 0 Å². The predicted octanol–water partition coefficient (Wildman–Crippen LogP) is 4.61. The minimum Gasteiger partial charge on any atom is -0.487 e. The van der Waals surface area contributed by atoms with E-state index in [1.807, 2.05) is 36.4 Å². The Morgan fingerprint density at radius 3 is 2.60 bits per heavy atom. The molecule has 2 aromatic carbocycles. The summed E-state index contributed by atoms with van der Waals surface area (Å²) >= 11 is 6.02. The Bertz CT molecular complexity index is 851. The van der Waals surface area contributed by atoms with Crippen molar-refractivity contribution in [2.45, 2.75) is 6.61 Å². The maximum Gasteiger partial charge on any atom is 0.352 e. The van der Waals surface area contributed by atoms with Crippen molar-refractivity contribution in [2.24, 2.45) is 0 Å². The molecule has 0 fully saturated rings. The van der Waals surface area contributed by atoms with Crippen molar-refractivity contribution < 1.29 is 14.3 Å². The second-order valence-electron chi connectivity index (χ2n) is 5.02. The lowest BCUT2D eigenvalue weighted by Gasteiger charge is -2.15. The largest absolute Gasteiger partial charge is 0.487 e. The van der Waals surface area contributed by atoms with Crippen molar-refractivity contribution in [3.63, 3.8) is 0 Å². The van der Waals surface area contributed by atoms with E-state index in [4.69, 9.17) is 21.1 Å². The van der Waals surface area contributed by atoms with Crippen LogP contribution in [-0.4, -0.2) is 13.1 Å². The summed E-state index contributed by atoms with van der Waals surface area (Å²) < 4.78 is 10.5. The topological polar surface area (TPSA) is 59.3 Å². The van der Waals surface area contributed by atoms with Crippen LogP contribution in [0.15, 0.2) is 60.7 Å². The van der Waals surface area contributed by atoms with Gasteiger partial charge in [-0.25, -0.2) is 4.79 Å². The van der Waals surface area contributed by atoms with Gasteiger partial charge in [0, 0.05) is 10.6 Å². The zero-order valence-corrected chi connectivity index (χ0v) is 14.4. The Kier molecular flexibility index (Phi) is 6.39. The fourth-order valence-corrected chi connectivity index (χ4v) is 2.40. The highest BCUT2D eigenvalue weighted by molar-refractivity contribution is 6.30. The molecular weight excluding hydrogens is 338 g/mol. The molecule has 0 N–H and O–H groups in total. The summed E-state index contributed by atoms with van der Waals surface area (Å²) in [6.45, 7) is 3.94. The molecular formula is C20H16ClNO3. The van der Waals surface area contributed by atoms with Crippen molar-refractivity contribution in [2.75, 3.05) is 7.11 Å². The monoisotopic (exact) mass is 353 g/mol. The standard InChI is InChI=1S/C20H16ClNO3/c1-3-15-11-16(21)9-10-17(15)19(18(12-22)20(23)24-2)25-13-14-7-5-4-6-8-14/h3-11H,1,13H2,2H3/b19-18-. The van der Waals surface area contributed by atoms with Crippen LogP contribution in [-0.2, 0) is 20.9 Å². The molecule has 0 bridgehead atoms. The quantitative estimate of drug-likeness (QED) is 0.329. The minimum atomic E-state index is -0.768. The Morgan fingerprint density at radius 1 is 1.28 bits per heavy atom. The van der Waals surface area contributed by atoms with Gasteiger partial charge in [-0.1, -0.05) is 54.6 Å². The number of hydrogen-bond acceptors (Lipinski definition) is 4. The molecule has 0 heterocycles. The molecule has 0 aliphatic heterocycles. The summed E-state index contributed by atoms with van der Waals surface area (Å²) in [6.07, 6.45) is 1.58. The predicted molar refractivity (Wildman–Crippen MR) is 97.3 cm³/mol. The van der Waals surface area contributed by atoms with E-state index in [1.54, 1.807) is 24.3 Å². The zero-order valence-electron chi connectivity index (χ0n) is 13.7. The Hall–Kier alpha value is -3.03. The third kappa shape index (κ3) is 4.50. The average Bonchev–Trinajstić information content (AvgIpc) is 2.65. The molecule has 0 aromatic heterocycles. The molecule has 2 rings (SSSR count). The molecule has 0 aliphatic carbocycles. The molecule has 0 atom stereocenters. The lowest BCUT2D eigenvalue weighted by atomic mass is 10.0. The Balaban J connectivity index is 2.53. The molecule has 25 heavy (non-hydrogen) atoms. The maximum atomic E-state index is 12.0. The summed E-state index contributed by atoms with van der Waals surface area (Å²) in [5.74, 6) is -0.639. The fourth-order valence-electron chi connectivity index (χ4n) is 2.21. The second kappa shape index (κ2) is 8.72. The molecule has 2 aromatic rings. The third-order valence-electron chi connectivity index (χ3n) is 3.43. The van der Waals surface area contributed by atoms with Gasteiger partial charge in [0.25, 0.3) is 0 Å². The first kappa shape index (κ1) is 18.3. The van der Waals surface area contributed by atoms with Gasteiger partial charge in [-0.15, -0.1) is 0 Å². The highest BCUT2D eigenvalue weighted by atomic mass is 35.5. The molecule has 0 aliphatic rings. The van der Waals surface area contributed by atoms with E-state index in [-0.39, 0.29) is 17.9 Å². The number of halogens is 1. The SMILES string of the molecule is C=Cc1cc(Cl)ccc1/C(OCc1ccccc1)=C(\C#N)C(=O)OC. The molecule has 4 nitrogen and oxygen atoms in total. The van der Waals surface area contributed by atoms with E-state index in [9.17, 15) is 10.1 Å². The van der Waals surface area contributed by atoms with E-state index in [0.29, 0.717) is 16.1 Å². The van der Waals surface area contributed by atoms with Crippen LogP contribution < -0.4 is 0 Å². The Labute approximate surface area is 151 Å². The van der Waals surface area contributed by atoms with Crippen LogP contribution in [0.5, 0.6) is 0 Å². The van der Waals surface area contributed by atoms with Crippen molar-refractivity contribution in [1.29, 1.82) is 5.26 Å².